The van der Waals surface area contributed by atoms with Gasteiger partial charge in [-0.05, 0) is 119 Å². The SMILES string of the molecule is CC(C)NC(=S)N(C(=O)C1=C2CC[C@@H]3[C@@H](CC[C@]4(C)CCC[C@@H]34)[C@@]2(C)CCC1=O)C(C)C. The minimum atomic E-state index is -0.177. The van der Waals surface area contributed by atoms with E-state index < -0.39 is 0 Å². The lowest BCUT2D eigenvalue weighted by Crippen LogP contribution is -2.53. The van der Waals surface area contributed by atoms with Crippen LogP contribution in [0.3, 0.4) is 0 Å². The van der Waals surface area contributed by atoms with Crippen molar-refractivity contribution in [1.82, 2.24) is 10.2 Å². The molecule has 0 aromatic heterocycles. The van der Waals surface area contributed by atoms with Gasteiger partial charge in [0, 0.05) is 18.5 Å². The molecule has 4 aliphatic carbocycles. The molecule has 0 aliphatic heterocycles. The Morgan fingerprint density at radius 3 is 2.41 bits per heavy atom. The summed E-state index contributed by atoms with van der Waals surface area (Å²) in [6.45, 7) is 12.9. The standard InChI is InChI=1S/C27H42N2O2S/c1-16(2)28-25(32)29(17(3)4)24(31)23-21-10-9-18-19-8-7-13-26(19,5)14-11-20(18)27(21,6)15-12-22(23)30/h16-20H,7-15H2,1-6H3,(H,28,32)/t18-,19-,20+,26-,27+/m0/s1. The largest absolute Gasteiger partial charge is 0.360 e. The second-order valence-corrected chi connectivity index (χ2v) is 12.5. The van der Waals surface area contributed by atoms with E-state index in [1.807, 2.05) is 27.7 Å². The fourth-order valence-electron chi connectivity index (χ4n) is 7.95. The first-order valence-corrected chi connectivity index (χ1v) is 13.3. The highest BCUT2D eigenvalue weighted by atomic mass is 32.1. The van der Waals surface area contributed by atoms with Crippen LogP contribution in [-0.4, -0.2) is 33.8 Å². The Balaban J connectivity index is 1.71. The predicted molar refractivity (Wildman–Crippen MR) is 133 cm³/mol. The number of thiocarbonyl (C=S) groups is 1. The summed E-state index contributed by atoms with van der Waals surface area (Å²) in [6.07, 6.45) is 10.1. The molecule has 3 saturated carbocycles. The summed E-state index contributed by atoms with van der Waals surface area (Å²) in [5.41, 5.74) is 2.12. The minimum Gasteiger partial charge on any atom is -0.360 e. The first-order chi connectivity index (χ1) is 15.0. The van der Waals surface area contributed by atoms with Crippen LogP contribution in [0, 0.1) is 28.6 Å². The number of nitrogens with one attached hydrogen (secondary N) is 1. The molecule has 0 radical (unpaired) electrons. The van der Waals surface area contributed by atoms with Gasteiger partial charge in [-0.15, -0.1) is 0 Å². The zero-order valence-corrected chi connectivity index (χ0v) is 21.7. The van der Waals surface area contributed by atoms with Crippen LogP contribution in [0.25, 0.3) is 0 Å². The van der Waals surface area contributed by atoms with E-state index in [9.17, 15) is 9.59 Å². The number of allylic oxidation sites excluding steroid dienone is 1. The van der Waals surface area contributed by atoms with Crippen molar-refractivity contribution in [1.29, 1.82) is 0 Å². The zero-order chi connectivity index (χ0) is 23.4. The molecule has 4 nitrogen and oxygen atoms in total. The summed E-state index contributed by atoms with van der Waals surface area (Å²) in [5, 5.41) is 3.65. The molecule has 0 bridgehead atoms. The molecule has 0 unspecified atom stereocenters. The lowest BCUT2D eigenvalue weighted by molar-refractivity contribution is -0.129. The third kappa shape index (κ3) is 3.76. The van der Waals surface area contributed by atoms with Gasteiger partial charge >= 0.3 is 0 Å². The van der Waals surface area contributed by atoms with Gasteiger partial charge in [0.05, 0.1) is 5.57 Å². The van der Waals surface area contributed by atoms with Crippen molar-refractivity contribution in [2.45, 2.75) is 111 Å². The first-order valence-electron chi connectivity index (χ1n) is 12.9. The van der Waals surface area contributed by atoms with Crippen molar-refractivity contribution in [3.8, 4) is 0 Å². The van der Waals surface area contributed by atoms with Gasteiger partial charge in [-0.1, -0.05) is 20.3 Å². The fourth-order valence-corrected chi connectivity index (χ4v) is 8.48. The first kappa shape index (κ1) is 23.9. The number of nitrogens with zero attached hydrogens (tertiary/aromatic N) is 1. The maximum atomic E-state index is 13.9. The zero-order valence-electron chi connectivity index (χ0n) is 20.9. The van der Waals surface area contributed by atoms with E-state index in [-0.39, 0.29) is 29.2 Å². The summed E-state index contributed by atoms with van der Waals surface area (Å²) < 4.78 is 0. The van der Waals surface area contributed by atoms with E-state index >= 15 is 0 Å². The molecule has 1 amide bonds. The number of carbonyl (C=O) groups excluding carboxylic acids is 2. The van der Waals surface area contributed by atoms with Gasteiger partial charge in [0.15, 0.2) is 10.9 Å². The number of fused-ring (bicyclic) bond motifs is 5. The Bertz CT molecular complexity index is 847. The van der Waals surface area contributed by atoms with Crippen LogP contribution >= 0.6 is 12.2 Å². The average molecular weight is 459 g/mol. The van der Waals surface area contributed by atoms with Gasteiger partial charge in [-0.3, -0.25) is 14.5 Å². The van der Waals surface area contributed by atoms with Crippen LogP contribution in [0.5, 0.6) is 0 Å². The smallest absolute Gasteiger partial charge is 0.263 e. The van der Waals surface area contributed by atoms with E-state index in [1.165, 1.54) is 32.1 Å². The van der Waals surface area contributed by atoms with Crippen molar-refractivity contribution in [2.75, 3.05) is 0 Å². The number of ketones is 1. The Morgan fingerprint density at radius 1 is 1.03 bits per heavy atom. The fraction of sp³-hybridized carbons (Fsp3) is 0.815. The maximum absolute atomic E-state index is 13.9. The van der Waals surface area contributed by atoms with Crippen LogP contribution in [-0.2, 0) is 9.59 Å². The Labute approximate surface area is 200 Å². The number of rotatable bonds is 3. The van der Waals surface area contributed by atoms with Gasteiger partial charge in [-0.2, -0.15) is 0 Å². The second kappa shape index (κ2) is 8.52. The number of Topliss-reactive ketones (excluding diaryl/α,β-unsaturated/α-hetero) is 1. The molecule has 178 valence electrons. The summed E-state index contributed by atoms with van der Waals surface area (Å²) >= 11 is 5.60. The molecule has 0 aromatic carbocycles. The molecule has 32 heavy (non-hydrogen) atoms. The highest BCUT2D eigenvalue weighted by molar-refractivity contribution is 7.80. The Hall–Kier alpha value is -1.23. The van der Waals surface area contributed by atoms with Crippen molar-refractivity contribution in [3.05, 3.63) is 11.1 Å². The molecule has 0 spiro atoms. The number of carbonyl (C=O) groups is 2. The van der Waals surface area contributed by atoms with Crippen LogP contribution < -0.4 is 5.32 Å². The van der Waals surface area contributed by atoms with Crippen LogP contribution in [0.1, 0.15) is 99.3 Å². The van der Waals surface area contributed by atoms with Gasteiger partial charge in [-0.25, -0.2) is 0 Å². The molecular weight excluding hydrogens is 416 g/mol. The predicted octanol–water partition coefficient (Wildman–Crippen LogP) is 5.80. The normalized spacial score (nSPS) is 36.6. The van der Waals surface area contributed by atoms with E-state index in [4.69, 9.17) is 12.2 Å². The number of amides is 1. The lowest BCUT2D eigenvalue weighted by atomic mass is 9.47. The van der Waals surface area contributed by atoms with E-state index in [2.05, 4.69) is 19.2 Å². The monoisotopic (exact) mass is 458 g/mol. The van der Waals surface area contributed by atoms with Gasteiger partial charge in [0.25, 0.3) is 5.91 Å². The van der Waals surface area contributed by atoms with E-state index in [1.54, 1.807) is 4.90 Å². The number of hydrogen-bond donors (Lipinski definition) is 1. The van der Waals surface area contributed by atoms with Gasteiger partial charge < -0.3 is 5.32 Å². The second-order valence-electron chi connectivity index (χ2n) is 12.1. The Kier molecular flexibility index (Phi) is 6.37. The van der Waals surface area contributed by atoms with Gasteiger partial charge in [0.1, 0.15) is 0 Å². The number of hydrogen-bond acceptors (Lipinski definition) is 3. The average Bonchev–Trinajstić information content (AvgIpc) is 3.09. The van der Waals surface area contributed by atoms with Crippen molar-refractivity contribution >= 4 is 29.0 Å². The van der Waals surface area contributed by atoms with Gasteiger partial charge in [0.2, 0.25) is 0 Å². The van der Waals surface area contributed by atoms with Crippen molar-refractivity contribution in [3.63, 3.8) is 0 Å². The molecule has 0 saturated heterocycles. The molecule has 4 rings (SSSR count). The molecule has 5 atom stereocenters. The summed E-state index contributed by atoms with van der Waals surface area (Å²) in [6, 6.07) is 0.0421. The van der Waals surface area contributed by atoms with E-state index in [0.29, 0.717) is 28.4 Å². The summed E-state index contributed by atoms with van der Waals surface area (Å²) in [5.74, 6) is 2.03. The van der Waals surface area contributed by atoms with E-state index in [0.717, 1.165) is 36.7 Å². The quantitative estimate of drug-likeness (QED) is 0.429. The summed E-state index contributed by atoms with van der Waals surface area (Å²) in [7, 11) is 0. The highest BCUT2D eigenvalue weighted by Gasteiger charge is 2.57. The summed E-state index contributed by atoms with van der Waals surface area (Å²) in [4.78, 5) is 28.8. The minimum absolute atomic E-state index is 0.0263. The molecular formula is C27H42N2O2S. The van der Waals surface area contributed by atoms with Crippen LogP contribution in [0.4, 0.5) is 0 Å². The molecule has 4 aliphatic rings. The topological polar surface area (TPSA) is 49.4 Å². The molecule has 0 heterocycles. The molecule has 1 N–H and O–H groups in total. The Morgan fingerprint density at radius 2 is 1.75 bits per heavy atom. The molecule has 5 heteroatoms. The van der Waals surface area contributed by atoms with Crippen LogP contribution in [0.2, 0.25) is 0 Å². The third-order valence-electron chi connectivity index (χ3n) is 9.49. The molecule has 0 aromatic rings. The maximum Gasteiger partial charge on any atom is 0.263 e. The van der Waals surface area contributed by atoms with Crippen molar-refractivity contribution in [2.24, 2.45) is 28.6 Å². The van der Waals surface area contributed by atoms with Crippen LogP contribution in [0.15, 0.2) is 11.1 Å². The van der Waals surface area contributed by atoms with Crippen molar-refractivity contribution < 1.29 is 9.59 Å². The lowest BCUT2D eigenvalue weighted by Gasteiger charge is -2.57. The molecule has 3 fully saturated rings. The third-order valence-corrected chi connectivity index (χ3v) is 9.80. The highest BCUT2D eigenvalue weighted by Crippen LogP contribution is 2.65.